The fourth-order valence-electron chi connectivity index (χ4n) is 3.94. The molecule has 8 heteroatoms. The van der Waals surface area contributed by atoms with Crippen molar-refractivity contribution in [1.82, 2.24) is 19.7 Å². The van der Waals surface area contributed by atoms with Crippen LogP contribution in [0.5, 0.6) is 0 Å². The number of benzene rings is 2. The van der Waals surface area contributed by atoms with Crippen molar-refractivity contribution in [3.05, 3.63) is 93.2 Å². The molecule has 0 bridgehead atoms. The van der Waals surface area contributed by atoms with Crippen molar-refractivity contribution in [2.45, 2.75) is 26.4 Å². The third kappa shape index (κ3) is 4.19. The summed E-state index contributed by atoms with van der Waals surface area (Å²) in [6, 6.07) is 20.0. The van der Waals surface area contributed by atoms with E-state index in [9.17, 15) is 4.79 Å². The summed E-state index contributed by atoms with van der Waals surface area (Å²) >= 11 is 8.07. The molecule has 0 aliphatic carbocycles. The molecular weight excluding hydrogens is 442 g/mol. The Hall–Kier alpha value is -3.00. The van der Waals surface area contributed by atoms with E-state index in [0.717, 1.165) is 37.4 Å². The molecular formula is C24H22ClN5OS. The summed E-state index contributed by atoms with van der Waals surface area (Å²) in [6.07, 6.45) is 0.875. The first-order valence-electron chi connectivity index (χ1n) is 10.5. The Morgan fingerprint density at radius 1 is 1.12 bits per heavy atom. The summed E-state index contributed by atoms with van der Waals surface area (Å²) in [5, 5.41) is 8.29. The van der Waals surface area contributed by atoms with Gasteiger partial charge in [-0.05, 0) is 24.6 Å². The minimum atomic E-state index is -0.290. The van der Waals surface area contributed by atoms with Gasteiger partial charge in [-0.1, -0.05) is 60.1 Å². The molecule has 2 aromatic carbocycles. The number of hydrogen-bond acceptors (Lipinski definition) is 5. The van der Waals surface area contributed by atoms with Crippen LogP contribution in [0.2, 0.25) is 5.15 Å². The highest BCUT2D eigenvalue weighted by Gasteiger charge is 2.25. The smallest absolute Gasteiger partial charge is 0.262 e. The molecule has 0 atom stereocenters. The minimum absolute atomic E-state index is 0.290. The monoisotopic (exact) mass is 463 g/mol. The standard InChI is InChI=1S/C24H22ClN5OS/c1-16-21(22(25)30(28-16)18-10-6-3-7-11-18)23(31)27-24-26-19-12-13-29(15-20(19)32-24)14-17-8-4-2-5-9-17/h2-11H,12-15H2,1H3,(H,26,27,31). The van der Waals surface area contributed by atoms with Crippen LogP contribution in [0.4, 0.5) is 5.13 Å². The molecule has 2 aromatic heterocycles. The summed E-state index contributed by atoms with van der Waals surface area (Å²) in [4.78, 5) is 21.3. The van der Waals surface area contributed by atoms with Gasteiger partial charge in [0.2, 0.25) is 0 Å². The lowest BCUT2D eigenvalue weighted by atomic mass is 10.1. The number of halogens is 1. The maximum absolute atomic E-state index is 13.0. The van der Waals surface area contributed by atoms with Crippen LogP contribution in [0, 0.1) is 6.92 Å². The predicted octanol–water partition coefficient (Wildman–Crippen LogP) is 5.10. The van der Waals surface area contributed by atoms with Crippen molar-refractivity contribution < 1.29 is 4.79 Å². The van der Waals surface area contributed by atoms with Crippen LogP contribution < -0.4 is 5.32 Å². The Labute approximate surface area is 195 Å². The van der Waals surface area contributed by atoms with Gasteiger partial charge in [0.25, 0.3) is 5.91 Å². The van der Waals surface area contributed by atoms with Gasteiger partial charge >= 0.3 is 0 Å². The maximum Gasteiger partial charge on any atom is 0.262 e. The van der Waals surface area contributed by atoms with E-state index < -0.39 is 0 Å². The van der Waals surface area contributed by atoms with E-state index in [-0.39, 0.29) is 5.91 Å². The first-order chi connectivity index (χ1) is 15.6. The lowest BCUT2D eigenvalue weighted by Crippen LogP contribution is -2.29. The minimum Gasteiger partial charge on any atom is -0.298 e. The molecule has 0 saturated heterocycles. The Morgan fingerprint density at radius 3 is 2.59 bits per heavy atom. The predicted molar refractivity (Wildman–Crippen MR) is 128 cm³/mol. The van der Waals surface area contributed by atoms with E-state index in [0.29, 0.717) is 21.5 Å². The summed E-state index contributed by atoms with van der Waals surface area (Å²) in [5.74, 6) is -0.290. The zero-order valence-electron chi connectivity index (χ0n) is 17.6. The molecule has 3 heterocycles. The van der Waals surface area contributed by atoms with Gasteiger partial charge in [0, 0.05) is 30.9 Å². The second-order valence-electron chi connectivity index (χ2n) is 7.79. The fourth-order valence-corrected chi connectivity index (χ4v) is 5.34. The third-order valence-corrected chi connectivity index (χ3v) is 6.86. The number of carbonyl (C=O) groups is 1. The SMILES string of the molecule is Cc1nn(-c2ccccc2)c(Cl)c1C(=O)Nc1nc2c(s1)CN(Cc1ccccc1)CC2. The summed E-state index contributed by atoms with van der Waals surface area (Å²) in [5.41, 5.74) is 4.12. The molecule has 32 heavy (non-hydrogen) atoms. The van der Waals surface area contributed by atoms with Crippen LogP contribution in [0.1, 0.15) is 32.2 Å². The Balaban J connectivity index is 1.31. The highest BCUT2D eigenvalue weighted by molar-refractivity contribution is 7.15. The Morgan fingerprint density at radius 2 is 1.84 bits per heavy atom. The first-order valence-corrected chi connectivity index (χ1v) is 11.6. The van der Waals surface area contributed by atoms with E-state index in [2.05, 4.69) is 44.6 Å². The molecule has 0 saturated carbocycles. The number of carbonyl (C=O) groups excluding carboxylic acids is 1. The Kier molecular flexibility index (Phi) is 5.78. The highest BCUT2D eigenvalue weighted by atomic mass is 35.5. The van der Waals surface area contributed by atoms with Crippen LogP contribution in [0.3, 0.4) is 0 Å². The zero-order chi connectivity index (χ0) is 22.1. The van der Waals surface area contributed by atoms with Crippen LogP contribution in [0.25, 0.3) is 5.69 Å². The van der Waals surface area contributed by atoms with Crippen molar-refractivity contribution in [1.29, 1.82) is 0 Å². The lowest BCUT2D eigenvalue weighted by Gasteiger charge is -2.25. The van der Waals surface area contributed by atoms with Gasteiger partial charge in [-0.25, -0.2) is 9.67 Å². The normalized spacial score (nSPS) is 13.7. The third-order valence-electron chi connectivity index (χ3n) is 5.51. The molecule has 0 fully saturated rings. The van der Waals surface area contributed by atoms with Gasteiger partial charge in [-0.3, -0.25) is 15.0 Å². The zero-order valence-corrected chi connectivity index (χ0v) is 19.2. The molecule has 162 valence electrons. The number of aryl methyl sites for hydroxylation is 1. The largest absolute Gasteiger partial charge is 0.298 e. The number of thiazole rings is 1. The fraction of sp³-hybridized carbons (Fsp3) is 0.208. The maximum atomic E-state index is 13.0. The number of nitrogens with zero attached hydrogens (tertiary/aromatic N) is 4. The molecule has 1 N–H and O–H groups in total. The molecule has 1 amide bonds. The topological polar surface area (TPSA) is 63.1 Å². The molecule has 0 spiro atoms. The quantitative estimate of drug-likeness (QED) is 0.447. The number of hydrogen-bond donors (Lipinski definition) is 1. The summed E-state index contributed by atoms with van der Waals surface area (Å²) < 4.78 is 1.58. The van der Waals surface area contributed by atoms with Gasteiger partial charge in [0.05, 0.1) is 17.1 Å². The van der Waals surface area contributed by atoms with E-state index in [1.165, 1.54) is 21.8 Å². The number of aromatic nitrogens is 3. The molecule has 1 aliphatic heterocycles. The molecule has 0 unspecified atom stereocenters. The van der Waals surface area contributed by atoms with Gasteiger partial charge in [0.1, 0.15) is 10.7 Å². The van der Waals surface area contributed by atoms with Gasteiger partial charge in [0.15, 0.2) is 5.13 Å². The second kappa shape index (κ2) is 8.86. The molecule has 0 radical (unpaired) electrons. The van der Waals surface area contributed by atoms with Crippen molar-refractivity contribution in [3.8, 4) is 5.69 Å². The van der Waals surface area contributed by atoms with Gasteiger partial charge in [-0.2, -0.15) is 5.10 Å². The van der Waals surface area contributed by atoms with Gasteiger partial charge in [-0.15, -0.1) is 11.3 Å². The molecule has 5 rings (SSSR count). The summed E-state index contributed by atoms with van der Waals surface area (Å²) in [7, 11) is 0. The number of nitrogens with one attached hydrogen (secondary N) is 1. The van der Waals surface area contributed by atoms with Crippen LogP contribution in [0.15, 0.2) is 60.7 Å². The summed E-state index contributed by atoms with van der Waals surface area (Å²) in [6.45, 7) is 4.49. The number of fused-ring (bicyclic) bond motifs is 1. The molecule has 6 nitrogen and oxygen atoms in total. The second-order valence-corrected chi connectivity index (χ2v) is 9.23. The molecule has 1 aliphatic rings. The van der Waals surface area contributed by atoms with Crippen molar-refractivity contribution in [3.63, 3.8) is 0 Å². The van der Waals surface area contributed by atoms with Crippen LogP contribution in [-0.2, 0) is 19.5 Å². The molecule has 4 aromatic rings. The Bertz CT molecular complexity index is 1250. The number of anilines is 1. The van der Waals surface area contributed by atoms with Crippen LogP contribution in [-0.4, -0.2) is 32.1 Å². The van der Waals surface area contributed by atoms with E-state index >= 15 is 0 Å². The van der Waals surface area contributed by atoms with Crippen LogP contribution >= 0.6 is 22.9 Å². The van der Waals surface area contributed by atoms with E-state index in [1.54, 1.807) is 11.6 Å². The highest BCUT2D eigenvalue weighted by Crippen LogP contribution is 2.30. The van der Waals surface area contributed by atoms with E-state index in [4.69, 9.17) is 11.6 Å². The van der Waals surface area contributed by atoms with E-state index in [1.807, 2.05) is 36.4 Å². The first kappa shape index (κ1) is 20.9. The van der Waals surface area contributed by atoms with Crippen molar-refractivity contribution >= 4 is 34.0 Å². The average Bonchev–Trinajstić information content (AvgIpc) is 3.33. The number of para-hydroxylation sites is 1. The lowest BCUT2D eigenvalue weighted by molar-refractivity contribution is 0.102. The van der Waals surface area contributed by atoms with Gasteiger partial charge < -0.3 is 0 Å². The number of amides is 1. The average molecular weight is 464 g/mol. The number of rotatable bonds is 5. The van der Waals surface area contributed by atoms with Crippen molar-refractivity contribution in [2.75, 3.05) is 11.9 Å². The van der Waals surface area contributed by atoms with Crippen molar-refractivity contribution in [2.24, 2.45) is 0 Å².